The smallest absolute Gasteiger partial charge is 0.122 e. The maximum Gasteiger partial charge on any atom is 0.122 e. The summed E-state index contributed by atoms with van der Waals surface area (Å²) in [6.07, 6.45) is 0. The van der Waals surface area contributed by atoms with E-state index in [2.05, 4.69) is 41.1 Å². The van der Waals surface area contributed by atoms with Crippen LogP contribution < -0.4 is 5.73 Å². The topological polar surface area (TPSA) is 49.9 Å². The highest BCUT2D eigenvalue weighted by Gasteiger charge is 2.03. The van der Waals surface area contributed by atoms with Gasteiger partial charge in [0.15, 0.2) is 0 Å². The molecule has 2 rings (SSSR count). The fourth-order valence-corrected chi connectivity index (χ4v) is 3.33. The first-order valence-corrected chi connectivity index (χ1v) is 7.66. The lowest BCUT2D eigenvalue weighted by Crippen LogP contribution is -2.11. The summed E-state index contributed by atoms with van der Waals surface area (Å²) >= 11 is 5.28. The van der Waals surface area contributed by atoms with Gasteiger partial charge in [-0.15, -0.1) is 11.8 Å². The molecule has 0 aliphatic rings. The average Bonchev–Trinajstić information content (AvgIpc) is 2.37. The number of nitrogen functional groups attached to an aromatic ring is 1. The zero-order valence-corrected chi connectivity index (χ0v) is 13.0. The predicted octanol–water partition coefficient (Wildman–Crippen LogP) is 4.33. The Kier molecular flexibility index (Phi) is 4.66. The van der Waals surface area contributed by atoms with Crippen molar-refractivity contribution in [3.8, 4) is 0 Å². The Bertz CT molecular complexity index is 611. The van der Waals surface area contributed by atoms with E-state index in [0.717, 1.165) is 15.8 Å². The summed E-state index contributed by atoms with van der Waals surface area (Å²) in [5.74, 6) is 1.04. The molecule has 2 aromatic rings. The molecule has 0 aliphatic heterocycles. The first-order valence-electron chi connectivity index (χ1n) is 5.88. The van der Waals surface area contributed by atoms with Gasteiger partial charge in [-0.2, -0.15) is 0 Å². The molecule has 0 atom stereocenters. The SMILES string of the molecule is Cc1cc(C(=N)N)ccc1CSc1cccc(Br)c1. The molecule has 0 aromatic heterocycles. The highest BCUT2D eigenvalue weighted by atomic mass is 79.9. The normalized spacial score (nSPS) is 10.4. The lowest BCUT2D eigenvalue weighted by atomic mass is 10.1. The Hall–Kier alpha value is -1.26. The van der Waals surface area contributed by atoms with Gasteiger partial charge in [0.25, 0.3) is 0 Å². The maximum atomic E-state index is 7.43. The second-order valence-electron chi connectivity index (χ2n) is 4.30. The van der Waals surface area contributed by atoms with Crippen LogP contribution in [0.3, 0.4) is 0 Å². The molecule has 3 N–H and O–H groups in total. The highest BCUT2D eigenvalue weighted by molar-refractivity contribution is 9.10. The minimum atomic E-state index is 0.120. The summed E-state index contributed by atoms with van der Waals surface area (Å²) in [6, 6.07) is 14.2. The minimum Gasteiger partial charge on any atom is -0.384 e. The molecule has 4 heteroatoms. The van der Waals surface area contributed by atoms with Gasteiger partial charge < -0.3 is 5.73 Å². The zero-order chi connectivity index (χ0) is 13.8. The van der Waals surface area contributed by atoms with Gasteiger partial charge in [-0.05, 0) is 42.3 Å². The van der Waals surface area contributed by atoms with E-state index in [1.807, 2.05) is 24.3 Å². The molecular weight excluding hydrogens is 320 g/mol. The standard InChI is InChI=1S/C15H15BrN2S/c1-10-7-11(15(17)18)5-6-12(10)9-19-14-4-2-3-13(16)8-14/h2-8H,9H2,1H3,(H3,17,18). The van der Waals surface area contributed by atoms with E-state index in [9.17, 15) is 0 Å². The van der Waals surface area contributed by atoms with Crippen molar-refractivity contribution < 1.29 is 0 Å². The Labute approximate surface area is 126 Å². The van der Waals surface area contributed by atoms with E-state index in [4.69, 9.17) is 11.1 Å². The quantitative estimate of drug-likeness (QED) is 0.496. The number of aryl methyl sites for hydroxylation is 1. The summed E-state index contributed by atoms with van der Waals surface area (Å²) in [7, 11) is 0. The van der Waals surface area contributed by atoms with Crippen LogP contribution >= 0.6 is 27.7 Å². The molecule has 0 saturated carbocycles. The molecule has 0 heterocycles. The fraction of sp³-hybridized carbons (Fsp3) is 0.133. The third-order valence-electron chi connectivity index (χ3n) is 2.84. The van der Waals surface area contributed by atoms with Crippen molar-refractivity contribution in [2.75, 3.05) is 0 Å². The molecule has 98 valence electrons. The number of halogens is 1. The molecule has 0 spiro atoms. The molecular formula is C15H15BrN2S. The molecule has 0 amide bonds. The summed E-state index contributed by atoms with van der Waals surface area (Å²) in [5, 5.41) is 7.43. The predicted molar refractivity (Wildman–Crippen MR) is 85.9 cm³/mol. The number of benzene rings is 2. The van der Waals surface area contributed by atoms with Crippen LogP contribution in [0.2, 0.25) is 0 Å². The van der Waals surface area contributed by atoms with Crippen molar-refractivity contribution in [3.63, 3.8) is 0 Å². The van der Waals surface area contributed by atoms with Crippen LogP contribution in [-0.2, 0) is 5.75 Å². The average molecular weight is 335 g/mol. The lowest BCUT2D eigenvalue weighted by Gasteiger charge is -2.08. The first-order chi connectivity index (χ1) is 9.06. The first kappa shape index (κ1) is 14.2. The monoisotopic (exact) mass is 334 g/mol. The number of nitrogens with two attached hydrogens (primary N) is 1. The third-order valence-corrected chi connectivity index (χ3v) is 4.38. The molecule has 2 nitrogen and oxygen atoms in total. The van der Waals surface area contributed by atoms with Crippen molar-refractivity contribution in [2.45, 2.75) is 17.6 Å². The van der Waals surface area contributed by atoms with Crippen LogP contribution in [0.25, 0.3) is 0 Å². The second-order valence-corrected chi connectivity index (χ2v) is 6.27. The van der Waals surface area contributed by atoms with Crippen molar-refractivity contribution in [1.82, 2.24) is 0 Å². The largest absolute Gasteiger partial charge is 0.384 e. The van der Waals surface area contributed by atoms with Gasteiger partial charge in [-0.25, -0.2) is 0 Å². The molecule has 19 heavy (non-hydrogen) atoms. The van der Waals surface area contributed by atoms with Crippen LogP contribution in [0.4, 0.5) is 0 Å². The molecule has 2 aromatic carbocycles. The maximum absolute atomic E-state index is 7.43. The lowest BCUT2D eigenvalue weighted by molar-refractivity contribution is 1.28. The summed E-state index contributed by atoms with van der Waals surface area (Å²) in [4.78, 5) is 1.24. The van der Waals surface area contributed by atoms with E-state index in [1.54, 1.807) is 11.8 Å². The van der Waals surface area contributed by atoms with E-state index in [1.165, 1.54) is 16.0 Å². The molecule has 0 radical (unpaired) electrons. The number of nitrogens with one attached hydrogen (secondary N) is 1. The number of hydrogen-bond acceptors (Lipinski definition) is 2. The van der Waals surface area contributed by atoms with E-state index >= 15 is 0 Å². The zero-order valence-electron chi connectivity index (χ0n) is 10.6. The van der Waals surface area contributed by atoms with E-state index in [-0.39, 0.29) is 5.84 Å². The summed E-state index contributed by atoms with van der Waals surface area (Å²) in [5.41, 5.74) is 8.72. The van der Waals surface area contributed by atoms with Gasteiger partial charge in [-0.1, -0.05) is 34.1 Å². The van der Waals surface area contributed by atoms with Crippen molar-refractivity contribution in [3.05, 3.63) is 63.6 Å². The van der Waals surface area contributed by atoms with Crippen molar-refractivity contribution in [2.24, 2.45) is 5.73 Å². The van der Waals surface area contributed by atoms with Gasteiger partial charge in [-0.3, -0.25) is 5.41 Å². The Balaban J connectivity index is 2.10. The van der Waals surface area contributed by atoms with Crippen LogP contribution in [0.15, 0.2) is 51.8 Å². The van der Waals surface area contributed by atoms with Crippen molar-refractivity contribution >= 4 is 33.5 Å². The van der Waals surface area contributed by atoms with E-state index < -0.39 is 0 Å². The fourth-order valence-electron chi connectivity index (χ4n) is 1.74. The number of hydrogen-bond donors (Lipinski definition) is 2. The van der Waals surface area contributed by atoms with Gasteiger partial charge >= 0.3 is 0 Å². The summed E-state index contributed by atoms with van der Waals surface area (Å²) in [6.45, 7) is 2.06. The molecule has 0 fully saturated rings. The van der Waals surface area contributed by atoms with Crippen molar-refractivity contribution in [1.29, 1.82) is 5.41 Å². The Morgan fingerprint density at radius 1 is 1.26 bits per heavy atom. The van der Waals surface area contributed by atoms with Gasteiger partial charge in [0, 0.05) is 20.7 Å². The highest BCUT2D eigenvalue weighted by Crippen LogP contribution is 2.26. The molecule has 0 aliphatic carbocycles. The van der Waals surface area contributed by atoms with Crippen LogP contribution in [0.1, 0.15) is 16.7 Å². The number of amidine groups is 1. The van der Waals surface area contributed by atoms with Crippen LogP contribution in [0, 0.1) is 12.3 Å². The second kappa shape index (κ2) is 6.26. The molecule has 0 saturated heterocycles. The number of rotatable bonds is 4. The van der Waals surface area contributed by atoms with Gasteiger partial charge in [0.05, 0.1) is 0 Å². The summed E-state index contributed by atoms with van der Waals surface area (Å²) < 4.78 is 1.10. The number of thioether (sulfide) groups is 1. The van der Waals surface area contributed by atoms with Crippen LogP contribution in [0.5, 0.6) is 0 Å². The molecule has 0 unspecified atom stereocenters. The van der Waals surface area contributed by atoms with Gasteiger partial charge in [0.2, 0.25) is 0 Å². The molecule has 0 bridgehead atoms. The third kappa shape index (κ3) is 3.85. The van der Waals surface area contributed by atoms with Crippen LogP contribution in [-0.4, -0.2) is 5.84 Å². The Morgan fingerprint density at radius 3 is 2.68 bits per heavy atom. The Morgan fingerprint density at radius 2 is 2.05 bits per heavy atom. The minimum absolute atomic E-state index is 0.120. The van der Waals surface area contributed by atoms with Gasteiger partial charge in [0.1, 0.15) is 5.84 Å². The van der Waals surface area contributed by atoms with E-state index in [0.29, 0.717) is 0 Å².